The van der Waals surface area contributed by atoms with Crippen LogP contribution in [0, 0.1) is 11.3 Å². The normalized spacial score (nSPS) is 15.3. The molecule has 0 fully saturated rings. The van der Waals surface area contributed by atoms with Crippen LogP contribution in [0.4, 0.5) is 0 Å². The third-order valence-electron chi connectivity index (χ3n) is 4.83. The number of fused-ring (bicyclic) bond motifs is 1. The lowest BCUT2D eigenvalue weighted by Crippen LogP contribution is -2.21. The number of ether oxygens (including phenoxy) is 3. The van der Waals surface area contributed by atoms with Crippen LogP contribution in [-0.4, -0.2) is 29.5 Å². The molecule has 2 heterocycles. The largest absolute Gasteiger partial charge is 0.504 e. The Balaban J connectivity index is 1.94. The molecule has 0 spiro atoms. The smallest absolute Gasteiger partial charge is 0.244 e. The number of aromatic amines is 1. The molecule has 0 radical (unpaired) electrons. The van der Waals surface area contributed by atoms with Crippen molar-refractivity contribution in [1.82, 2.24) is 10.2 Å². The van der Waals surface area contributed by atoms with Crippen LogP contribution in [0.1, 0.15) is 17.0 Å². The van der Waals surface area contributed by atoms with Crippen molar-refractivity contribution in [2.24, 2.45) is 5.73 Å². The average Bonchev–Trinajstić information content (AvgIpc) is 3.16. The Morgan fingerprint density at radius 3 is 2.76 bits per heavy atom. The summed E-state index contributed by atoms with van der Waals surface area (Å²) >= 11 is 0. The minimum atomic E-state index is -0.557. The van der Waals surface area contributed by atoms with E-state index in [9.17, 15) is 10.4 Å². The molecule has 29 heavy (non-hydrogen) atoms. The van der Waals surface area contributed by atoms with E-state index in [1.807, 2.05) is 24.3 Å². The van der Waals surface area contributed by atoms with Gasteiger partial charge in [0, 0.05) is 5.56 Å². The first kappa shape index (κ1) is 18.3. The number of aromatic nitrogens is 2. The summed E-state index contributed by atoms with van der Waals surface area (Å²) in [7, 11) is 3.05. The number of phenolic OH excluding ortho intramolecular Hbond substituents is 1. The molecule has 0 aliphatic carbocycles. The molecule has 4 rings (SSSR count). The Morgan fingerprint density at radius 2 is 2.03 bits per heavy atom. The maximum Gasteiger partial charge on any atom is 0.244 e. The highest BCUT2D eigenvalue weighted by atomic mass is 16.5. The SMILES string of the molecule is COc1cccc(-c2[nH]nc3c2C(c2ccc(O)c(OC)c2)C(C#N)=C(N)O3)c1. The summed E-state index contributed by atoms with van der Waals surface area (Å²) in [6, 6.07) is 14.5. The predicted molar refractivity (Wildman–Crippen MR) is 105 cm³/mol. The summed E-state index contributed by atoms with van der Waals surface area (Å²) < 4.78 is 16.2. The van der Waals surface area contributed by atoms with Crippen LogP contribution in [0.5, 0.6) is 23.1 Å². The Kier molecular flexibility index (Phi) is 4.49. The number of nitriles is 1. The molecule has 1 aromatic heterocycles. The molecule has 1 aliphatic heterocycles. The number of hydrogen-bond acceptors (Lipinski definition) is 7. The average molecular weight is 390 g/mol. The Hall–Kier alpha value is -4.12. The fraction of sp³-hybridized carbons (Fsp3) is 0.143. The highest BCUT2D eigenvalue weighted by molar-refractivity contribution is 5.72. The van der Waals surface area contributed by atoms with Crippen LogP contribution < -0.4 is 19.9 Å². The number of allylic oxidation sites excluding steroid dienone is 1. The summed E-state index contributed by atoms with van der Waals surface area (Å²) in [6.45, 7) is 0. The number of nitrogens with two attached hydrogens (primary N) is 1. The summed E-state index contributed by atoms with van der Waals surface area (Å²) in [5, 5.41) is 27.0. The van der Waals surface area contributed by atoms with Gasteiger partial charge in [0.15, 0.2) is 11.5 Å². The zero-order chi connectivity index (χ0) is 20.5. The van der Waals surface area contributed by atoms with Crippen molar-refractivity contribution in [1.29, 1.82) is 5.26 Å². The van der Waals surface area contributed by atoms with E-state index in [1.165, 1.54) is 13.2 Å². The molecule has 1 atom stereocenters. The Bertz CT molecular complexity index is 1160. The van der Waals surface area contributed by atoms with Crippen LogP contribution in [0.15, 0.2) is 53.9 Å². The Labute approximate surface area is 166 Å². The minimum Gasteiger partial charge on any atom is -0.504 e. The first-order valence-corrected chi connectivity index (χ1v) is 8.74. The van der Waals surface area contributed by atoms with E-state index < -0.39 is 5.92 Å². The molecule has 4 N–H and O–H groups in total. The summed E-state index contributed by atoms with van der Waals surface area (Å²) in [5.74, 6) is 0.688. The Morgan fingerprint density at radius 1 is 1.21 bits per heavy atom. The summed E-state index contributed by atoms with van der Waals surface area (Å²) in [5.41, 5.74) is 9.11. The van der Waals surface area contributed by atoms with E-state index in [0.29, 0.717) is 22.6 Å². The topological polar surface area (TPSA) is 126 Å². The molecule has 146 valence electrons. The zero-order valence-electron chi connectivity index (χ0n) is 15.8. The lowest BCUT2D eigenvalue weighted by Gasteiger charge is -2.24. The summed E-state index contributed by atoms with van der Waals surface area (Å²) in [6.07, 6.45) is 0. The highest BCUT2D eigenvalue weighted by Crippen LogP contribution is 2.47. The van der Waals surface area contributed by atoms with Crippen molar-refractivity contribution in [2.75, 3.05) is 14.2 Å². The number of hydrogen-bond donors (Lipinski definition) is 3. The number of H-pyrrole nitrogens is 1. The molecule has 0 saturated carbocycles. The van der Waals surface area contributed by atoms with Crippen molar-refractivity contribution in [3.63, 3.8) is 0 Å². The number of nitrogens with one attached hydrogen (secondary N) is 1. The third-order valence-corrected chi connectivity index (χ3v) is 4.83. The maximum atomic E-state index is 9.97. The molecule has 2 aromatic carbocycles. The molecule has 8 heteroatoms. The number of methoxy groups -OCH3 is 2. The van der Waals surface area contributed by atoms with Gasteiger partial charge in [0.05, 0.1) is 31.4 Å². The predicted octanol–water partition coefficient (Wildman–Crippen LogP) is 3.02. The van der Waals surface area contributed by atoms with Gasteiger partial charge in [-0.15, -0.1) is 5.10 Å². The van der Waals surface area contributed by atoms with Gasteiger partial charge >= 0.3 is 0 Å². The standard InChI is InChI=1S/C21H18N4O4/c1-27-13-5-3-4-12(8-13)19-18-17(11-6-7-15(26)16(9-11)28-2)14(10-22)20(23)29-21(18)25-24-19/h3-9,17,26H,23H2,1-2H3,(H,24,25). The van der Waals surface area contributed by atoms with E-state index in [-0.39, 0.29) is 28.8 Å². The van der Waals surface area contributed by atoms with Gasteiger partial charge in [-0.05, 0) is 29.8 Å². The number of nitrogens with zero attached hydrogens (tertiary/aromatic N) is 2. The first-order valence-electron chi connectivity index (χ1n) is 8.74. The second-order valence-electron chi connectivity index (χ2n) is 6.41. The molecular formula is C21H18N4O4. The van der Waals surface area contributed by atoms with Gasteiger partial charge in [0.2, 0.25) is 11.8 Å². The molecule has 1 aliphatic rings. The number of benzene rings is 2. The van der Waals surface area contributed by atoms with Gasteiger partial charge < -0.3 is 25.1 Å². The molecule has 3 aromatic rings. The molecule has 0 saturated heterocycles. The highest BCUT2D eigenvalue weighted by Gasteiger charge is 2.36. The molecular weight excluding hydrogens is 372 g/mol. The van der Waals surface area contributed by atoms with E-state index in [4.69, 9.17) is 19.9 Å². The van der Waals surface area contributed by atoms with E-state index in [1.54, 1.807) is 19.2 Å². The van der Waals surface area contributed by atoms with Gasteiger partial charge in [0.1, 0.15) is 17.4 Å². The van der Waals surface area contributed by atoms with E-state index >= 15 is 0 Å². The number of aromatic hydroxyl groups is 1. The van der Waals surface area contributed by atoms with E-state index in [2.05, 4.69) is 16.3 Å². The van der Waals surface area contributed by atoms with Crippen molar-refractivity contribution in [2.45, 2.75) is 5.92 Å². The van der Waals surface area contributed by atoms with Crippen LogP contribution in [-0.2, 0) is 0 Å². The van der Waals surface area contributed by atoms with Crippen LogP contribution >= 0.6 is 0 Å². The fourth-order valence-electron chi connectivity index (χ4n) is 3.45. The first-order chi connectivity index (χ1) is 14.1. The maximum absolute atomic E-state index is 9.97. The lowest BCUT2D eigenvalue weighted by molar-refractivity contribution is 0.371. The van der Waals surface area contributed by atoms with Crippen molar-refractivity contribution < 1.29 is 19.3 Å². The fourth-order valence-corrected chi connectivity index (χ4v) is 3.45. The number of phenols is 1. The lowest BCUT2D eigenvalue weighted by atomic mass is 9.83. The summed E-state index contributed by atoms with van der Waals surface area (Å²) in [4.78, 5) is 0. The van der Waals surface area contributed by atoms with Gasteiger partial charge in [-0.1, -0.05) is 18.2 Å². The van der Waals surface area contributed by atoms with Gasteiger partial charge in [-0.3, -0.25) is 5.10 Å². The quantitative estimate of drug-likeness (QED) is 0.625. The minimum absolute atomic E-state index is 0.000736. The molecule has 0 bridgehead atoms. The van der Waals surface area contributed by atoms with Crippen molar-refractivity contribution >= 4 is 0 Å². The van der Waals surface area contributed by atoms with Gasteiger partial charge in [-0.25, -0.2) is 0 Å². The van der Waals surface area contributed by atoms with Gasteiger partial charge in [0.25, 0.3) is 0 Å². The van der Waals surface area contributed by atoms with Crippen LogP contribution in [0.3, 0.4) is 0 Å². The van der Waals surface area contributed by atoms with Crippen LogP contribution in [0.25, 0.3) is 11.3 Å². The second-order valence-corrected chi connectivity index (χ2v) is 6.41. The molecule has 1 unspecified atom stereocenters. The third kappa shape index (κ3) is 2.99. The van der Waals surface area contributed by atoms with Crippen molar-refractivity contribution in [3.8, 4) is 40.5 Å². The van der Waals surface area contributed by atoms with Crippen LogP contribution in [0.2, 0.25) is 0 Å². The molecule has 0 amide bonds. The van der Waals surface area contributed by atoms with E-state index in [0.717, 1.165) is 5.56 Å². The van der Waals surface area contributed by atoms with Crippen molar-refractivity contribution in [3.05, 3.63) is 65.0 Å². The second kappa shape index (κ2) is 7.13. The molecule has 8 nitrogen and oxygen atoms in total. The number of rotatable bonds is 4. The van der Waals surface area contributed by atoms with Gasteiger partial charge in [-0.2, -0.15) is 5.26 Å². The zero-order valence-corrected chi connectivity index (χ0v) is 15.8. The monoisotopic (exact) mass is 390 g/mol.